The highest BCUT2D eigenvalue weighted by Crippen LogP contribution is 2.34. The van der Waals surface area contributed by atoms with Gasteiger partial charge in [-0.2, -0.15) is 0 Å². The largest absolute Gasteiger partial charge is 0.486 e. The second kappa shape index (κ2) is 9.00. The maximum absolute atomic E-state index is 12.3. The van der Waals surface area contributed by atoms with Crippen molar-refractivity contribution in [2.24, 2.45) is 5.92 Å². The van der Waals surface area contributed by atoms with Gasteiger partial charge in [-0.3, -0.25) is 9.69 Å². The Balaban J connectivity index is 1.21. The predicted octanol–water partition coefficient (Wildman–Crippen LogP) is 2.71. The number of ether oxygens (including phenoxy) is 2. The van der Waals surface area contributed by atoms with Crippen LogP contribution < -0.4 is 20.5 Å². The van der Waals surface area contributed by atoms with Crippen molar-refractivity contribution in [1.82, 2.24) is 15.2 Å². The number of nitrogens with zero attached hydrogens (tertiary/aromatic N) is 2. The van der Waals surface area contributed by atoms with Gasteiger partial charge in [0.05, 0.1) is 5.56 Å². The van der Waals surface area contributed by atoms with Gasteiger partial charge in [-0.1, -0.05) is 15.9 Å². The molecule has 1 saturated heterocycles. The summed E-state index contributed by atoms with van der Waals surface area (Å²) in [5.41, 5.74) is 6.21. The highest BCUT2D eigenvalue weighted by molar-refractivity contribution is 9.10. The number of piperidine rings is 1. The van der Waals surface area contributed by atoms with Crippen molar-refractivity contribution in [3.05, 3.63) is 46.6 Å². The number of hydrogen-bond donors (Lipinski definition) is 2. The third-order valence-corrected chi connectivity index (χ3v) is 5.92. The van der Waals surface area contributed by atoms with E-state index in [0.29, 0.717) is 24.6 Å². The molecule has 1 aromatic carbocycles. The number of benzene rings is 1. The molecule has 1 atom stereocenters. The third kappa shape index (κ3) is 5.00. The van der Waals surface area contributed by atoms with Crippen LogP contribution in [0.15, 0.2) is 41.0 Å². The van der Waals surface area contributed by atoms with E-state index in [4.69, 9.17) is 15.2 Å². The number of rotatable bonds is 5. The Hall–Kier alpha value is -2.32. The van der Waals surface area contributed by atoms with Crippen LogP contribution in [0.5, 0.6) is 11.5 Å². The van der Waals surface area contributed by atoms with E-state index >= 15 is 0 Å². The standard InChI is InChI=1S/C21H25BrN4O3/c22-15-3-4-18-19(10-15)29-16(13-28-18)12-26-8-5-14(6-9-26)11-25-21(27)17-2-1-7-24-20(17)23/h1-4,7,10,14,16H,5-6,8-9,11-13H2,(H2,23,24)(H,25,27). The van der Waals surface area contributed by atoms with Crippen LogP contribution in [0.2, 0.25) is 0 Å². The maximum Gasteiger partial charge on any atom is 0.255 e. The number of hydrogen-bond acceptors (Lipinski definition) is 6. The number of carbonyl (C=O) groups excluding carboxylic acids is 1. The van der Waals surface area contributed by atoms with Gasteiger partial charge >= 0.3 is 0 Å². The number of amides is 1. The molecule has 2 aliphatic rings. The molecule has 1 unspecified atom stereocenters. The Morgan fingerprint density at radius 3 is 2.90 bits per heavy atom. The van der Waals surface area contributed by atoms with Gasteiger partial charge < -0.3 is 20.5 Å². The van der Waals surface area contributed by atoms with Crippen LogP contribution in [0.3, 0.4) is 0 Å². The van der Waals surface area contributed by atoms with Crippen molar-refractivity contribution in [2.45, 2.75) is 18.9 Å². The Morgan fingerprint density at radius 1 is 1.28 bits per heavy atom. The Labute approximate surface area is 178 Å². The third-order valence-electron chi connectivity index (χ3n) is 5.43. The summed E-state index contributed by atoms with van der Waals surface area (Å²) in [6.45, 7) is 4.04. The van der Waals surface area contributed by atoms with Crippen molar-refractivity contribution in [3.8, 4) is 11.5 Å². The number of nitrogens with one attached hydrogen (secondary N) is 1. The fourth-order valence-corrected chi connectivity index (χ4v) is 4.12. The van der Waals surface area contributed by atoms with E-state index in [0.717, 1.165) is 48.4 Å². The van der Waals surface area contributed by atoms with Crippen molar-refractivity contribution in [3.63, 3.8) is 0 Å². The van der Waals surface area contributed by atoms with Gasteiger partial charge in [0.15, 0.2) is 11.5 Å². The summed E-state index contributed by atoms with van der Waals surface area (Å²) < 4.78 is 12.9. The van der Waals surface area contributed by atoms with Crippen LogP contribution in [0, 0.1) is 5.92 Å². The first-order valence-electron chi connectivity index (χ1n) is 9.88. The second-order valence-corrected chi connectivity index (χ2v) is 8.45. The monoisotopic (exact) mass is 460 g/mol. The minimum absolute atomic E-state index is 0.0293. The van der Waals surface area contributed by atoms with Crippen LogP contribution in [0.4, 0.5) is 5.82 Å². The zero-order valence-corrected chi connectivity index (χ0v) is 17.7. The quantitative estimate of drug-likeness (QED) is 0.712. The molecule has 7 nitrogen and oxygen atoms in total. The number of fused-ring (bicyclic) bond motifs is 1. The summed E-state index contributed by atoms with van der Waals surface area (Å²) in [7, 11) is 0. The summed E-state index contributed by atoms with van der Waals surface area (Å²) in [4.78, 5) is 18.7. The van der Waals surface area contributed by atoms with E-state index in [2.05, 4.69) is 31.1 Å². The molecule has 3 heterocycles. The lowest BCUT2D eigenvalue weighted by Crippen LogP contribution is -2.45. The van der Waals surface area contributed by atoms with Crippen molar-refractivity contribution in [2.75, 3.05) is 38.5 Å². The van der Waals surface area contributed by atoms with E-state index < -0.39 is 0 Å². The number of likely N-dealkylation sites (tertiary alicyclic amines) is 1. The molecule has 1 aromatic heterocycles. The summed E-state index contributed by atoms with van der Waals surface area (Å²) in [5.74, 6) is 2.17. The molecule has 29 heavy (non-hydrogen) atoms. The Bertz CT molecular complexity index is 871. The first-order chi connectivity index (χ1) is 14.1. The van der Waals surface area contributed by atoms with Gasteiger partial charge in [0.2, 0.25) is 0 Å². The summed E-state index contributed by atoms with van der Waals surface area (Å²) in [6.07, 6.45) is 3.69. The van der Waals surface area contributed by atoms with Gasteiger partial charge in [0.1, 0.15) is 18.5 Å². The normalized spacial score (nSPS) is 19.7. The first kappa shape index (κ1) is 20.0. The number of nitrogen functional groups attached to an aromatic ring is 1. The molecular weight excluding hydrogens is 436 g/mol. The molecule has 0 radical (unpaired) electrons. The average Bonchev–Trinajstić information content (AvgIpc) is 2.73. The smallest absolute Gasteiger partial charge is 0.255 e. The Kier molecular flexibility index (Phi) is 6.20. The zero-order valence-electron chi connectivity index (χ0n) is 16.1. The average molecular weight is 461 g/mol. The maximum atomic E-state index is 12.3. The minimum Gasteiger partial charge on any atom is -0.486 e. The molecule has 0 bridgehead atoms. The fraction of sp³-hybridized carbons (Fsp3) is 0.429. The number of carbonyl (C=O) groups is 1. The SMILES string of the molecule is Nc1ncccc1C(=O)NCC1CCN(CC2COc3ccc(Br)cc3O2)CC1. The number of halogens is 1. The van der Waals surface area contributed by atoms with Crippen molar-refractivity contribution >= 4 is 27.7 Å². The van der Waals surface area contributed by atoms with Gasteiger partial charge in [0, 0.05) is 23.8 Å². The summed E-state index contributed by atoms with van der Waals surface area (Å²) in [6, 6.07) is 9.25. The molecular formula is C21H25BrN4O3. The van der Waals surface area contributed by atoms with Crippen molar-refractivity contribution in [1.29, 1.82) is 0 Å². The molecule has 0 aliphatic carbocycles. The predicted molar refractivity (Wildman–Crippen MR) is 114 cm³/mol. The van der Waals surface area contributed by atoms with Gasteiger partial charge in [-0.05, 0) is 62.2 Å². The topological polar surface area (TPSA) is 89.7 Å². The molecule has 4 rings (SSSR count). The van der Waals surface area contributed by atoms with E-state index in [9.17, 15) is 4.79 Å². The van der Waals surface area contributed by atoms with E-state index in [1.54, 1.807) is 18.3 Å². The Morgan fingerprint density at radius 2 is 2.10 bits per heavy atom. The van der Waals surface area contributed by atoms with E-state index in [1.807, 2.05) is 18.2 Å². The fourth-order valence-electron chi connectivity index (χ4n) is 3.78. The highest BCUT2D eigenvalue weighted by atomic mass is 79.9. The molecule has 0 spiro atoms. The molecule has 1 fully saturated rings. The van der Waals surface area contributed by atoms with Crippen LogP contribution in [0.25, 0.3) is 0 Å². The van der Waals surface area contributed by atoms with Crippen LogP contribution in [-0.2, 0) is 0 Å². The number of pyridine rings is 1. The summed E-state index contributed by atoms with van der Waals surface area (Å²) in [5, 5.41) is 3.00. The highest BCUT2D eigenvalue weighted by Gasteiger charge is 2.26. The van der Waals surface area contributed by atoms with Crippen molar-refractivity contribution < 1.29 is 14.3 Å². The lowest BCUT2D eigenvalue weighted by atomic mass is 9.96. The van der Waals surface area contributed by atoms with Gasteiger partial charge in [-0.25, -0.2) is 4.98 Å². The molecule has 2 aromatic rings. The first-order valence-corrected chi connectivity index (χ1v) is 10.7. The molecule has 0 saturated carbocycles. The molecule has 154 valence electrons. The molecule has 8 heteroatoms. The molecule has 2 aliphatic heterocycles. The number of aromatic nitrogens is 1. The second-order valence-electron chi connectivity index (χ2n) is 7.53. The van der Waals surface area contributed by atoms with Crippen LogP contribution >= 0.6 is 15.9 Å². The minimum atomic E-state index is -0.157. The lowest BCUT2D eigenvalue weighted by Gasteiger charge is -2.35. The van der Waals surface area contributed by atoms with Crippen LogP contribution in [-0.4, -0.2) is 54.7 Å². The molecule has 1 amide bonds. The van der Waals surface area contributed by atoms with Crippen LogP contribution in [0.1, 0.15) is 23.2 Å². The number of nitrogens with two attached hydrogens (primary N) is 1. The van der Waals surface area contributed by atoms with Gasteiger partial charge in [-0.15, -0.1) is 0 Å². The zero-order chi connectivity index (χ0) is 20.2. The molecule has 3 N–H and O–H groups in total. The van der Waals surface area contributed by atoms with E-state index in [1.165, 1.54) is 0 Å². The van der Waals surface area contributed by atoms with Gasteiger partial charge in [0.25, 0.3) is 5.91 Å². The number of anilines is 1. The lowest BCUT2D eigenvalue weighted by molar-refractivity contribution is 0.0476. The summed E-state index contributed by atoms with van der Waals surface area (Å²) >= 11 is 3.47. The van der Waals surface area contributed by atoms with E-state index in [-0.39, 0.29) is 17.8 Å².